The summed E-state index contributed by atoms with van der Waals surface area (Å²) in [7, 11) is -2.19. The van der Waals surface area contributed by atoms with Crippen LogP contribution in [0.4, 0.5) is 16.2 Å². The molecule has 0 saturated carbocycles. The minimum absolute atomic E-state index is 0.0589. The highest BCUT2D eigenvalue weighted by Crippen LogP contribution is 2.30. The minimum Gasteiger partial charge on any atom is -0.488 e. The Morgan fingerprint density at radius 1 is 1.07 bits per heavy atom. The van der Waals surface area contributed by atoms with Crippen LogP contribution in [0, 0.1) is 12.8 Å². The van der Waals surface area contributed by atoms with Gasteiger partial charge in [-0.2, -0.15) is 0 Å². The normalized spacial score (nSPS) is 17.6. The molecule has 10 nitrogen and oxygen atoms in total. The van der Waals surface area contributed by atoms with Gasteiger partial charge >= 0.3 is 6.03 Å². The van der Waals surface area contributed by atoms with Crippen molar-refractivity contribution in [3.8, 4) is 5.75 Å². The highest BCUT2D eigenvalue weighted by molar-refractivity contribution is 7.92. The summed E-state index contributed by atoms with van der Waals surface area (Å²) in [6.07, 6.45) is -0.590. The predicted molar refractivity (Wildman–Crippen MR) is 180 cm³/mol. The molecular weight excluding hydrogens is 604 g/mol. The van der Waals surface area contributed by atoms with E-state index in [4.69, 9.17) is 4.74 Å². The molecule has 1 aliphatic heterocycles. The van der Waals surface area contributed by atoms with E-state index < -0.39 is 22.2 Å². The van der Waals surface area contributed by atoms with E-state index in [1.165, 1.54) is 12.1 Å². The number of anilines is 2. The first kappa shape index (κ1) is 32.8. The number of urea groups is 1. The number of sulfonamides is 1. The lowest BCUT2D eigenvalue weighted by atomic mass is 10.0. The van der Waals surface area contributed by atoms with Crippen molar-refractivity contribution in [1.82, 2.24) is 9.80 Å². The van der Waals surface area contributed by atoms with E-state index in [1.54, 1.807) is 54.1 Å². The van der Waals surface area contributed by atoms with Gasteiger partial charge in [0.2, 0.25) is 5.91 Å². The molecule has 0 radical (unpaired) electrons. The number of nitrogens with one attached hydrogen (secondary N) is 2. The Balaban J connectivity index is 1.41. The highest BCUT2D eigenvalue weighted by atomic mass is 32.2. The van der Waals surface area contributed by atoms with Crippen LogP contribution in [0.1, 0.15) is 25.0 Å². The van der Waals surface area contributed by atoms with Gasteiger partial charge in [-0.1, -0.05) is 61.0 Å². The van der Waals surface area contributed by atoms with Crippen molar-refractivity contribution in [3.05, 3.63) is 96.1 Å². The van der Waals surface area contributed by atoms with E-state index in [0.29, 0.717) is 23.5 Å². The van der Waals surface area contributed by atoms with E-state index in [9.17, 15) is 23.1 Å². The van der Waals surface area contributed by atoms with Crippen molar-refractivity contribution in [1.29, 1.82) is 0 Å². The molecule has 1 aliphatic rings. The number of amides is 3. The lowest BCUT2D eigenvalue weighted by Crippen LogP contribution is -2.48. The number of benzene rings is 4. The summed E-state index contributed by atoms with van der Waals surface area (Å²) >= 11 is 0. The Kier molecular flexibility index (Phi) is 9.83. The van der Waals surface area contributed by atoms with Crippen molar-refractivity contribution >= 4 is 44.1 Å². The SMILES string of the molecule is Cc1ccc(S(=O)(=O)Nc2ccc3c(c2)CC(=O)N([C@@H](C)CO)C[C@H](C)[C@@H](CN(C)C(=O)Nc2cccc4ccccc24)O3)cc1. The van der Waals surface area contributed by atoms with Crippen LogP contribution in [0.5, 0.6) is 5.75 Å². The molecule has 0 fully saturated rings. The summed E-state index contributed by atoms with van der Waals surface area (Å²) in [6.45, 7) is 5.87. The first-order chi connectivity index (χ1) is 21.9. The first-order valence-electron chi connectivity index (χ1n) is 15.2. The van der Waals surface area contributed by atoms with Crippen molar-refractivity contribution < 1.29 is 27.9 Å². The van der Waals surface area contributed by atoms with Crippen LogP contribution in [-0.4, -0.2) is 74.2 Å². The number of hydrogen-bond donors (Lipinski definition) is 3. The summed E-state index contributed by atoms with van der Waals surface area (Å²) < 4.78 is 35.3. The molecule has 0 spiro atoms. The van der Waals surface area contributed by atoms with Crippen LogP contribution in [-0.2, 0) is 21.2 Å². The Morgan fingerprint density at radius 3 is 2.52 bits per heavy atom. The minimum atomic E-state index is -3.88. The van der Waals surface area contributed by atoms with Gasteiger partial charge < -0.3 is 25.0 Å². The van der Waals surface area contributed by atoms with E-state index in [1.807, 2.05) is 56.3 Å². The fraction of sp³-hybridized carbons (Fsp3) is 0.314. The summed E-state index contributed by atoms with van der Waals surface area (Å²) in [6, 6.07) is 24.1. The quantitative estimate of drug-likeness (QED) is 0.240. The summed E-state index contributed by atoms with van der Waals surface area (Å²) in [5, 5.41) is 14.9. The molecule has 3 N–H and O–H groups in total. The van der Waals surface area contributed by atoms with Gasteiger partial charge in [0, 0.05) is 36.1 Å². The van der Waals surface area contributed by atoms with Gasteiger partial charge in [0.1, 0.15) is 11.9 Å². The maximum absolute atomic E-state index is 13.6. The molecule has 0 aromatic heterocycles. The average molecular weight is 645 g/mol. The number of aliphatic hydroxyl groups excluding tert-OH is 1. The number of nitrogens with zero attached hydrogens (tertiary/aromatic N) is 2. The number of hydrogen-bond acceptors (Lipinski definition) is 6. The maximum atomic E-state index is 13.6. The summed E-state index contributed by atoms with van der Waals surface area (Å²) in [5.74, 6) is -0.0271. The summed E-state index contributed by atoms with van der Waals surface area (Å²) in [5.41, 5.74) is 2.41. The Bertz CT molecular complexity index is 1820. The highest BCUT2D eigenvalue weighted by Gasteiger charge is 2.32. The van der Waals surface area contributed by atoms with E-state index in [2.05, 4.69) is 10.0 Å². The van der Waals surface area contributed by atoms with Crippen LogP contribution in [0.3, 0.4) is 0 Å². The zero-order valence-electron chi connectivity index (χ0n) is 26.4. The Morgan fingerprint density at radius 2 is 1.78 bits per heavy atom. The van der Waals surface area contributed by atoms with Gasteiger partial charge in [-0.25, -0.2) is 13.2 Å². The first-order valence-corrected chi connectivity index (χ1v) is 16.7. The summed E-state index contributed by atoms with van der Waals surface area (Å²) in [4.78, 5) is 30.2. The third kappa shape index (κ3) is 7.43. The number of carbonyl (C=O) groups excluding carboxylic acids is 2. The number of carbonyl (C=O) groups is 2. The van der Waals surface area contributed by atoms with Gasteiger partial charge in [-0.15, -0.1) is 0 Å². The van der Waals surface area contributed by atoms with Gasteiger partial charge in [0.25, 0.3) is 10.0 Å². The third-order valence-corrected chi connectivity index (χ3v) is 9.73. The van der Waals surface area contributed by atoms with E-state index >= 15 is 0 Å². The molecule has 1 heterocycles. The van der Waals surface area contributed by atoms with E-state index in [-0.39, 0.29) is 48.0 Å². The zero-order chi connectivity index (χ0) is 33.0. The number of likely N-dealkylation sites (N-methyl/N-ethyl adjacent to an activating group) is 1. The second-order valence-electron chi connectivity index (χ2n) is 12.0. The van der Waals surface area contributed by atoms with Crippen LogP contribution in [0.15, 0.2) is 89.8 Å². The van der Waals surface area contributed by atoms with Crippen LogP contribution in [0.25, 0.3) is 10.8 Å². The second-order valence-corrected chi connectivity index (χ2v) is 13.6. The largest absolute Gasteiger partial charge is 0.488 e. The molecule has 4 aromatic rings. The zero-order valence-corrected chi connectivity index (χ0v) is 27.3. The molecule has 46 heavy (non-hydrogen) atoms. The molecular formula is C35H40N4O6S. The third-order valence-electron chi connectivity index (χ3n) is 8.33. The lowest BCUT2D eigenvalue weighted by Gasteiger charge is -2.34. The smallest absolute Gasteiger partial charge is 0.321 e. The molecule has 0 aliphatic carbocycles. The molecule has 0 unspecified atom stereocenters. The molecule has 3 atom stereocenters. The van der Waals surface area contributed by atoms with Gasteiger partial charge in [-0.05, 0) is 55.6 Å². The maximum Gasteiger partial charge on any atom is 0.321 e. The van der Waals surface area contributed by atoms with Gasteiger partial charge in [0.15, 0.2) is 0 Å². The Labute approximate surface area is 270 Å². The van der Waals surface area contributed by atoms with Crippen molar-refractivity contribution in [2.75, 3.05) is 36.8 Å². The number of aliphatic hydroxyl groups is 1. The van der Waals surface area contributed by atoms with Crippen LogP contribution in [0.2, 0.25) is 0 Å². The van der Waals surface area contributed by atoms with Crippen molar-refractivity contribution in [2.24, 2.45) is 5.92 Å². The molecule has 242 valence electrons. The predicted octanol–water partition coefficient (Wildman–Crippen LogP) is 5.26. The van der Waals surface area contributed by atoms with Crippen molar-refractivity contribution in [3.63, 3.8) is 0 Å². The van der Waals surface area contributed by atoms with E-state index in [0.717, 1.165) is 16.3 Å². The topological polar surface area (TPSA) is 128 Å². The fourth-order valence-electron chi connectivity index (χ4n) is 5.54. The van der Waals surface area contributed by atoms with Crippen LogP contribution < -0.4 is 14.8 Å². The molecule has 0 bridgehead atoms. The molecule has 0 saturated heterocycles. The number of fused-ring (bicyclic) bond motifs is 2. The lowest BCUT2D eigenvalue weighted by molar-refractivity contribution is -0.134. The number of aryl methyl sites for hydroxylation is 1. The number of ether oxygens (including phenoxy) is 1. The standard InChI is InChI=1S/C35H40N4O6S/c1-23-12-15-29(16-13-23)46(43,44)37-28-14-17-32-27(18-28)19-34(41)39(25(3)22-40)20-24(2)33(45-32)21-38(4)35(42)36-31-11-7-9-26-8-5-6-10-30(26)31/h5-18,24-25,33,37,40H,19-22H2,1-4H3,(H,36,42)/t24-,25-,33+/m0/s1. The second kappa shape index (κ2) is 13.8. The van der Waals surface area contributed by atoms with Crippen molar-refractivity contribution in [2.45, 2.75) is 44.2 Å². The monoisotopic (exact) mass is 644 g/mol. The molecule has 5 rings (SSSR count). The molecule has 3 amide bonds. The van der Waals surface area contributed by atoms with Gasteiger partial charge in [-0.3, -0.25) is 9.52 Å². The average Bonchev–Trinajstić information content (AvgIpc) is 3.08. The van der Waals surface area contributed by atoms with Gasteiger partial charge in [0.05, 0.1) is 36.2 Å². The fourth-order valence-corrected chi connectivity index (χ4v) is 6.59. The van der Waals surface area contributed by atoms with Crippen LogP contribution >= 0.6 is 0 Å². The molecule has 4 aromatic carbocycles. The Hall–Kier alpha value is -4.61. The molecule has 11 heteroatoms. The number of rotatable bonds is 8.